The lowest BCUT2D eigenvalue weighted by atomic mass is 10.0. The van der Waals surface area contributed by atoms with E-state index in [4.69, 9.17) is 11.6 Å². The quantitative estimate of drug-likeness (QED) is 0.692. The van der Waals surface area contributed by atoms with Gasteiger partial charge in [-0.05, 0) is 18.6 Å². The third kappa shape index (κ3) is 2.15. The van der Waals surface area contributed by atoms with Crippen LogP contribution in [0.5, 0.6) is 0 Å². The van der Waals surface area contributed by atoms with Crippen molar-refractivity contribution in [3.05, 3.63) is 58.4 Å². The van der Waals surface area contributed by atoms with Crippen LogP contribution in [0.4, 0.5) is 13.2 Å². The Morgan fingerprint density at radius 3 is 2.41 bits per heavy atom. The molecule has 2 aromatic carbocycles. The normalized spacial score (nSPS) is 10.6. The molecule has 0 unspecified atom stereocenters. The van der Waals surface area contributed by atoms with Gasteiger partial charge in [-0.15, -0.1) is 0 Å². The SMILES string of the molecule is Cc1cccc(-c2c(F)cc(F)cc2Cl)c1F. The Hall–Kier alpha value is -1.48. The molecular weight excluding hydrogens is 249 g/mol. The predicted octanol–water partition coefficient (Wildman–Crippen LogP) is 4.73. The molecule has 0 aliphatic heterocycles. The Bertz CT molecular complexity index is 556. The van der Waals surface area contributed by atoms with Gasteiger partial charge in [0.25, 0.3) is 0 Å². The van der Waals surface area contributed by atoms with Crippen LogP contribution in [0.3, 0.4) is 0 Å². The largest absolute Gasteiger partial charge is 0.207 e. The molecule has 0 N–H and O–H groups in total. The van der Waals surface area contributed by atoms with Gasteiger partial charge in [-0.1, -0.05) is 29.8 Å². The standard InChI is InChI=1S/C13H8ClF3/c1-7-3-2-4-9(13(7)17)12-10(14)5-8(15)6-11(12)16/h2-6H,1H3. The van der Waals surface area contributed by atoms with Crippen molar-refractivity contribution in [3.63, 3.8) is 0 Å². The van der Waals surface area contributed by atoms with Crippen LogP contribution in [0.25, 0.3) is 11.1 Å². The van der Waals surface area contributed by atoms with Gasteiger partial charge in [0.05, 0.1) is 5.02 Å². The minimum absolute atomic E-state index is 0.0347. The summed E-state index contributed by atoms with van der Waals surface area (Å²) in [5, 5.41) is -0.146. The fourth-order valence-electron chi connectivity index (χ4n) is 1.64. The van der Waals surface area contributed by atoms with Crippen molar-refractivity contribution in [1.29, 1.82) is 0 Å². The maximum absolute atomic E-state index is 13.8. The second kappa shape index (κ2) is 4.41. The van der Waals surface area contributed by atoms with Gasteiger partial charge >= 0.3 is 0 Å². The molecule has 2 aromatic rings. The molecule has 4 heteroatoms. The molecule has 0 nitrogen and oxygen atoms in total. The summed E-state index contributed by atoms with van der Waals surface area (Å²) in [4.78, 5) is 0. The van der Waals surface area contributed by atoms with Crippen LogP contribution in [0, 0.1) is 24.4 Å². The summed E-state index contributed by atoms with van der Waals surface area (Å²) in [6.45, 7) is 1.56. The Kier molecular flexibility index (Phi) is 3.11. The van der Waals surface area contributed by atoms with Crippen molar-refractivity contribution < 1.29 is 13.2 Å². The van der Waals surface area contributed by atoms with Gasteiger partial charge < -0.3 is 0 Å². The predicted molar refractivity (Wildman–Crippen MR) is 61.5 cm³/mol. The molecule has 17 heavy (non-hydrogen) atoms. The molecule has 0 radical (unpaired) electrons. The number of rotatable bonds is 1. The van der Waals surface area contributed by atoms with Crippen molar-refractivity contribution >= 4 is 11.6 Å². The Morgan fingerprint density at radius 2 is 1.76 bits per heavy atom. The van der Waals surface area contributed by atoms with Crippen LogP contribution in [0.2, 0.25) is 5.02 Å². The van der Waals surface area contributed by atoms with Crippen molar-refractivity contribution in [1.82, 2.24) is 0 Å². The number of hydrogen-bond donors (Lipinski definition) is 0. The summed E-state index contributed by atoms with van der Waals surface area (Å²) in [7, 11) is 0. The lowest BCUT2D eigenvalue weighted by Crippen LogP contribution is -1.93. The third-order valence-corrected chi connectivity index (χ3v) is 2.77. The highest BCUT2D eigenvalue weighted by Crippen LogP contribution is 2.33. The number of aryl methyl sites for hydroxylation is 1. The van der Waals surface area contributed by atoms with Gasteiger partial charge in [-0.3, -0.25) is 0 Å². The van der Waals surface area contributed by atoms with E-state index in [0.29, 0.717) is 11.6 Å². The Balaban J connectivity index is 2.73. The lowest BCUT2D eigenvalue weighted by Gasteiger charge is -2.09. The fraction of sp³-hybridized carbons (Fsp3) is 0.0769. The van der Waals surface area contributed by atoms with E-state index >= 15 is 0 Å². The number of halogens is 4. The van der Waals surface area contributed by atoms with Crippen molar-refractivity contribution in [2.24, 2.45) is 0 Å². The van der Waals surface area contributed by atoms with Gasteiger partial charge in [0.1, 0.15) is 17.5 Å². The van der Waals surface area contributed by atoms with Crippen LogP contribution in [0.1, 0.15) is 5.56 Å². The molecule has 0 aliphatic carbocycles. The van der Waals surface area contributed by atoms with Gasteiger partial charge in [0.2, 0.25) is 0 Å². The zero-order chi connectivity index (χ0) is 12.6. The third-order valence-electron chi connectivity index (χ3n) is 2.47. The topological polar surface area (TPSA) is 0 Å². The Morgan fingerprint density at radius 1 is 1.06 bits per heavy atom. The second-order valence-corrected chi connectivity index (χ2v) is 4.09. The van der Waals surface area contributed by atoms with Gasteiger partial charge in [-0.2, -0.15) is 0 Å². The molecular formula is C13H8ClF3. The van der Waals surface area contributed by atoms with Gasteiger partial charge in [-0.25, -0.2) is 13.2 Å². The highest BCUT2D eigenvalue weighted by Gasteiger charge is 2.16. The summed E-state index contributed by atoms with van der Waals surface area (Å²) >= 11 is 5.75. The zero-order valence-electron chi connectivity index (χ0n) is 8.90. The first-order valence-electron chi connectivity index (χ1n) is 4.90. The molecule has 0 aromatic heterocycles. The van der Waals surface area contributed by atoms with E-state index in [9.17, 15) is 13.2 Å². The first kappa shape index (κ1) is 12.0. The maximum Gasteiger partial charge on any atom is 0.135 e. The van der Waals surface area contributed by atoms with E-state index in [1.54, 1.807) is 19.1 Å². The summed E-state index contributed by atoms with van der Waals surface area (Å²) < 4.78 is 40.3. The van der Waals surface area contributed by atoms with Gasteiger partial charge in [0, 0.05) is 17.2 Å². The first-order chi connectivity index (χ1) is 8.00. The minimum Gasteiger partial charge on any atom is -0.207 e. The van der Waals surface area contributed by atoms with E-state index in [0.717, 1.165) is 6.07 Å². The molecule has 0 amide bonds. The molecule has 0 fully saturated rings. The van der Waals surface area contributed by atoms with Crippen molar-refractivity contribution in [2.75, 3.05) is 0 Å². The molecule has 0 atom stereocenters. The monoisotopic (exact) mass is 256 g/mol. The Labute approximate surface area is 102 Å². The summed E-state index contributed by atoms with van der Waals surface area (Å²) in [6, 6.07) is 6.20. The maximum atomic E-state index is 13.8. The van der Waals surface area contributed by atoms with Crippen LogP contribution >= 0.6 is 11.6 Å². The second-order valence-electron chi connectivity index (χ2n) is 3.68. The average molecular weight is 257 g/mol. The summed E-state index contributed by atoms with van der Waals surface area (Å²) in [6.07, 6.45) is 0. The van der Waals surface area contributed by atoms with E-state index in [-0.39, 0.29) is 16.1 Å². The molecule has 88 valence electrons. The van der Waals surface area contributed by atoms with Gasteiger partial charge in [0.15, 0.2) is 0 Å². The molecule has 0 aliphatic rings. The number of benzene rings is 2. The summed E-state index contributed by atoms with van der Waals surface area (Å²) in [5.74, 6) is -2.22. The van der Waals surface area contributed by atoms with Crippen LogP contribution in [-0.4, -0.2) is 0 Å². The number of hydrogen-bond acceptors (Lipinski definition) is 0. The molecule has 0 spiro atoms. The molecule has 0 heterocycles. The molecule has 2 rings (SSSR count). The molecule has 0 bridgehead atoms. The van der Waals surface area contributed by atoms with Crippen LogP contribution in [-0.2, 0) is 0 Å². The highest BCUT2D eigenvalue weighted by atomic mass is 35.5. The van der Waals surface area contributed by atoms with Crippen molar-refractivity contribution in [2.45, 2.75) is 6.92 Å². The first-order valence-corrected chi connectivity index (χ1v) is 5.28. The van der Waals surface area contributed by atoms with E-state index in [1.807, 2.05) is 0 Å². The molecule has 0 saturated carbocycles. The van der Waals surface area contributed by atoms with E-state index in [1.165, 1.54) is 6.07 Å². The fourth-order valence-corrected chi connectivity index (χ4v) is 1.94. The van der Waals surface area contributed by atoms with E-state index in [2.05, 4.69) is 0 Å². The average Bonchev–Trinajstić information content (AvgIpc) is 2.23. The molecule has 0 saturated heterocycles. The lowest BCUT2D eigenvalue weighted by molar-refractivity contribution is 0.582. The zero-order valence-corrected chi connectivity index (χ0v) is 9.65. The smallest absolute Gasteiger partial charge is 0.135 e. The van der Waals surface area contributed by atoms with E-state index < -0.39 is 17.5 Å². The van der Waals surface area contributed by atoms with Crippen molar-refractivity contribution in [3.8, 4) is 11.1 Å². The summed E-state index contributed by atoms with van der Waals surface area (Å²) in [5.41, 5.74) is 0.295. The highest BCUT2D eigenvalue weighted by molar-refractivity contribution is 6.33. The van der Waals surface area contributed by atoms with Crippen LogP contribution < -0.4 is 0 Å². The minimum atomic E-state index is -0.875. The van der Waals surface area contributed by atoms with Crippen LogP contribution in [0.15, 0.2) is 30.3 Å².